The third-order valence-electron chi connectivity index (χ3n) is 1.85. The first-order valence-corrected chi connectivity index (χ1v) is 5.59. The Morgan fingerprint density at radius 3 is 2.50 bits per heavy atom. The molecule has 1 atom stereocenters. The van der Waals surface area contributed by atoms with Gasteiger partial charge in [0.1, 0.15) is 12.6 Å². The molecular weight excluding hydrogens is 242 g/mol. The van der Waals surface area contributed by atoms with Crippen molar-refractivity contribution in [2.75, 3.05) is 26.3 Å². The Hall–Kier alpha value is -1.83. The van der Waals surface area contributed by atoms with E-state index in [9.17, 15) is 14.4 Å². The van der Waals surface area contributed by atoms with Crippen LogP contribution in [0, 0.1) is 0 Å². The number of carboxylic acid groups (broad SMARTS) is 1. The Labute approximate surface area is 105 Å². The van der Waals surface area contributed by atoms with Crippen molar-refractivity contribution < 1.29 is 24.2 Å². The number of ether oxygens (including phenoxy) is 1. The van der Waals surface area contributed by atoms with Crippen LogP contribution >= 0.6 is 0 Å². The Kier molecular flexibility index (Phi) is 8.29. The summed E-state index contributed by atoms with van der Waals surface area (Å²) in [6, 6.07) is -1.14. The van der Waals surface area contributed by atoms with E-state index < -0.39 is 24.6 Å². The van der Waals surface area contributed by atoms with Crippen LogP contribution in [0.3, 0.4) is 0 Å². The first-order valence-electron chi connectivity index (χ1n) is 5.59. The molecule has 0 saturated carbocycles. The van der Waals surface area contributed by atoms with Crippen LogP contribution in [0.2, 0.25) is 0 Å². The highest BCUT2D eigenvalue weighted by Crippen LogP contribution is 1.82. The van der Waals surface area contributed by atoms with Crippen LogP contribution in [0.1, 0.15) is 13.8 Å². The summed E-state index contributed by atoms with van der Waals surface area (Å²) < 4.78 is 4.72. The molecular formula is C10H19N3O5. The maximum atomic E-state index is 11.3. The fourth-order valence-corrected chi connectivity index (χ4v) is 1.04. The molecule has 0 aromatic rings. The van der Waals surface area contributed by atoms with Crippen molar-refractivity contribution in [3.8, 4) is 0 Å². The topological polar surface area (TPSA) is 117 Å². The molecule has 104 valence electrons. The molecule has 18 heavy (non-hydrogen) atoms. The summed E-state index contributed by atoms with van der Waals surface area (Å²) in [5, 5.41) is 15.7. The van der Waals surface area contributed by atoms with Gasteiger partial charge in [0, 0.05) is 13.1 Å². The van der Waals surface area contributed by atoms with Crippen molar-refractivity contribution in [3.05, 3.63) is 0 Å². The van der Waals surface area contributed by atoms with Gasteiger partial charge in [-0.2, -0.15) is 0 Å². The standard InChI is InChI=1S/C10H19N3O5/c1-3-11-9(16)7(2)13-10(17)12-4-5-18-6-8(14)15/h7H,3-6H2,1-2H3,(H,11,16)(H,14,15)(H2,12,13,17). The second-order valence-electron chi connectivity index (χ2n) is 3.46. The first kappa shape index (κ1) is 16.2. The molecule has 4 N–H and O–H groups in total. The molecule has 0 heterocycles. The van der Waals surface area contributed by atoms with Gasteiger partial charge in [-0.25, -0.2) is 9.59 Å². The van der Waals surface area contributed by atoms with Gasteiger partial charge in [-0.05, 0) is 13.8 Å². The molecule has 3 amide bonds. The number of likely N-dealkylation sites (N-methyl/N-ethyl adjacent to an activating group) is 1. The van der Waals surface area contributed by atoms with E-state index in [0.29, 0.717) is 6.54 Å². The van der Waals surface area contributed by atoms with Crippen LogP contribution in [-0.4, -0.2) is 55.4 Å². The molecule has 0 rings (SSSR count). The summed E-state index contributed by atoms with van der Waals surface area (Å²) in [6.07, 6.45) is 0. The normalized spacial score (nSPS) is 11.4. The molecule has 8 nitrogen and oxygen atoms in total. The molecule has 0 bridgehead atoms. The molecule has 0 aliphatic heterocycles. The van der Waals surface area contributed by atoms with Crippen LogP contribution in [0.15, 0.2) is 0 Å². The number of carbonyl (C=O) groups is 3. The summed E-state index contributed by atoms with van der Waals surface area (Å²) in [4.78, 5) is 32.7. The Morgan fingerprint density at radius 1 is 1.28 bits per heavy atom. The monoisotopic (exact) mass is 261 g/mol. The zero-order chi connectivity index (χ0) is 14.0. The molecule has 1 unspecified atom stereocenters. The third kappa shape index (κ3) is 8.34. The van der Waals surface area contributed by atoms with Crippen molar-refractivity contribution in [3.63, 3.8) is 0 Å². The van der Waals surface area contributed by atoms with Crippen LogP contribution < -0.4 is 16.0 Å². The summed E-state index contributed by atoms with van der Waals surface area (Å²) in [6.45, 7) is 3.70. The van der Waals surface area contributed by atoms with Crippen molar-refractivity contribution in [2.45, 2.75) is 19.9 Å². The van der Waals surface area contributed by atoms with Crippen LogP contribution in [-0.2, 0) is 14.3 Å². The minimum atomic E-state index is -1.07. The molecule has 0 aromatic carbocycles. The van der Waals surface area contributed by atoms with Gasteiger partial charge in [0.25, 0.3) is 0 Å². The molecule has 0 aliphatic rings. The van der Waals surface area contributed by atoms with E-state index in [0.717, 1.165) is 0 Å². The lowest BCUT2D eigenvalue weighted by Crippen LogP contribution is -2.48. The number of aliphatic carboxylic acids is 1. The van der Waals surface area contributed by atoms with Crippen LogP contribution in [0.4, 0.5) is 4.79 Å². The van der Waals surface area contributed by atoms with E-state index in [2.05, 4.69) is 16.0 Å². The lowest BCUT2D eigenvalue weighted by molar-refractivity contribution is -0.142. The van der Waals surface area contributed by atoms with E-state index >= 15 is 0 Å². The predicted octanol–water partition coefficient (Wildman–Crippen LogP) is -1.09. The van der Waals surface area contributed by atoms with Crippen molar-refractivity contribution in [1.82, 2.24) is 16.0 Å². The second-order valence-corrected chi connectivity index (χ2v) is 3.46. The Bertz CT molecular complexity index is 295. The largest absolute Gasteiger partial charge is 0.480 e. The first-order chi connectivity index (χ1) is 8.47. The molecule has 0 aliphatic carbocycles. The highest BCUT2D eigenvalue weighted by molar-refractivity contribution is 5.86. The lowest BCUT2D eigenvalue weighted by Gasteiger charge is -2.13. The Morgan fingerprint density at radius 2 is 1.94 bits per heavy atom. The van der Waals surface area contributed by atoms with Gasteiger partial charge in [-0.3, -0.25) is 4.79 Å². The number of urea groups is 1. The van der Waals surface area contributed by atoms with Crippen molar-refractivity contribution >= 4 is 17.9 Å². The van der Waals surface area contributed by atoms with Gasteiger partial charge >= 0.3 is 12.0 Å². The number of nitrogens with one attached hydrogen (secondary N) is 3. The van der Waals surface area contributed by atoms with Gasteiger partial charge in [0.2, 0.25) is 5.91 Å². The summed E-state index contributed by atoms with van der Waals surface area (Å²) in [7, 11) is 0. The molecule has 0 saturated heterocycles. The highest BCUT2D eigenvalue weighted by atomic mass is 16.5. The SMILES string of the molecule is CCNC(=O)C(C)NC(=O)NCCOCC(=O)O. The second kappa shape index (κ2) is 9.23. The Balaban J connectivity index is 3.64. The van der Waals surface area contributed by atoms with Crippen molar-refractivity contribution in [1.29, 1.82) is 0 Å². The van der Waals surface area contributed by atoms with Gasteiger partial charge in [-0.15, -0.1) is 0 Å². The molecule has 0 aromatic heterocycles. The number of carbonyl (C=O) groups excluding carboxylic acids is 2. The van der Waals surface area contributed by atoms with Crippen LogP contribution in [0.5, 0.6) is 0 Å². The minimum absolute atomic E-state index is 0.0925. The number of rotatable bonds is 8. The number of hydrogen-bond donors (Lipinski definition) is 4. The van der Waals surface area contributed by atoms with Gasteiger partial charge in [0.05, 0.1) is 6.61 Å². The summed E-state index contributed by atoms with van der Waals surface area (Å²) >= 11 is 0. The zero-order valence-corrected chi connectivity index (χ0v) is 10.5. The lowest BCUT2D eigenvalue weighted by atomic mass is 10.3. The van der Waals surface area contributed by atoms with Crippen LogP contribution in [0.25, 0.3) is 0 Å². The summed E-state index contributed by atoms with van der Waals surface area (Å²) in [5.41, 5.74) is 0. The van der Waals surface area contributed by atoms with E-state index in [1.165, 1.54) is 0 Å². The predicted molar refractivity (Wildman–Crippen MR) is 63.1 cm³/mol. The maximum Gasteiger partial charge on any atom is 0.329 e. The molecule has 8 heteroatoms. The quantitative estimate of drug-likeness (QED) is 0.414. The van der Waals surface area contributed by atoms with Gasteiger partial charge in [0.15, 0.2) is 0 Å². The molecule has 0 radical (unpaired) electrons. The van der Waals surface area contributed by atoms with Gasteiger partial charge < -0.3 is 25.8 Å². The smallest absolute Gasteiger partial charge is 0.329 e. The third-order valence-corrected chi connectivity index (χ3v) is 1.85. The fraction of sp³-hybridized carbons (Fsp3) is 0.700. The molecule has 0 fully saturated rings. The summed E-state index contributed by atoms with van der Waals surface area (Å²) in [5.74, 6) is -1.33. The van der Waals surface area contributed by atoms with Crippen molar-refractivity contribution in [2.24, 2.45) is 0 Å². The van der Waals surface area contributed by atoms with E-state index in [1.54, 1.807) is 13.8 Å². The van der Waals surface area contributed by atoms with E-state index in [1.807, 2.05) is 0 Å². The number of amides is 3. The van der Waals surface area contributed by atoms with Gasteiger partial charge in [-0.1, -0.05) is 0 Å². The van der Waals surface area contributed by atoms with E-state index in [-0.39, 0.29) is 19.1 Å². The number of carboxylic acids is 1. The average molecular weight is 261 g/mol. The number of hydrogen-bond acceptors (Lipinski definition) is 4. The van der Waals surface area contributed by atoms with E-state index in [4.69, 9.17) is 9.84 Å². The fourth-order valence-electron chi connectivity index (χ4n) is 1.04. The maximum absolute atomic E-state index is 11.3. The average Bonchev–Trinajstić information content (AvgIpc) is 2.28. The zero-order valence-electron chi connectivity index (χ0n) is 10.5. The minimum Gasteiger partial charge on any atom is -0.480 e. The highest BCUT2D eigenvalue weighted by Gasteiger charge is 2.13. The molecule has 0 spiro atoms.